The first-order chi connectivity index (χ1) is 8.33. The van der Waals surface area contributed by atoms with Gasteiger partial charge in [0.25, 0.3) is 0 Å². The number of benzene rings is 2. The molecule has 3 rings (SSSR count). The van der Waals surface area contributed by atoms with Crippen LogP contribution in [0.25, 0.3) is 0 Å². The molecular weight excluding hydrogens is 232 g/mol. The monoisotopic (exact) mass is 244 g/mol. The predicted molar refractivity (Wildman–Crippen MR) is 69.6 cm³/mol. The third-order valence-electron chi connectivity index (χ3n) is 3.14. The van der Waals surface area contributed by atoms with Crippen LogP contribution < -0.4 is 4.74 Å². The zero-order chi connectivity index (χ0) is 11.7. The minimum Gasteiger partial charge on any atom is -0.485 e. The number of hydrogen-bond donors (Lipinski definition) is 0. The van der Waals surface area contributed by atoms with E-state index >= 15 is 0 Å². The molecule has 2 aromatic carbocycles. The number of ether oxygens (including phenoxy) is 1. The summed E-state index contributed by atoms with van der Waals surface area (Å²) in [5.41, 5.74) is 2.46. The molecule has 2 aromatic rings. The van der Waals surface area contributed by atoms with Gasteiger partial charge in [0.05, 0.1) is 0 Å². The summed E-state index contributed by atoms with van der Waals surface area (Å²) in [7, 11) is 0. The maximum atomic E-state index is 6.01. The van der Waals surface area contributed by atoms with E-state index in [0.717, 1.165) is 29.2 Å². The average molecular weight is 245 g/mol. The molecule has 17 heavy (non-hydrogen) atoms. The molecule has 2 heteroatoms. The van der Waals surface area contributed by atoms with Crippen LogP contribution in [0.3, 0.4) is 0 Å². The number of halogens is 1. The number of hydrogen-bond acceptors (Lipinski definition) is 1. The second kappa shape index (κ2) is 4.42. The van der Waals surface area contributed by atoms with Crippen molar-refractivity contribution in [2.24, 2.45) is 0 Å². The van der Waals surface area contributed by atoms with Crippen LogP contribution in [-0.4, -0.2) is 0 Å². The SMILES string of the molecule is Clc1cccc(C2CCc3ccccc3O2)c1. The summed E-state index contributed by atoms with van der Waals surface area (Å²) in [5, 5.41) is 0.768. The van der Waals surface area contributed by atoms with Gasteiger partial charge in [0, 0.05) is 5.02 Å². The number of rotatable bonds is 1. The normalized spacial score (nSPS) is 18.3. The van der Waals surface area contributed by atoms with Crippen LogP contribution in [0.15, 0.2) is 48.5 Å². The van der Waals surface area contributed by atoms with E-state index in [0.29, 0.717) is 0 Å². The van der Waals surface area contributed by atoms with Gasteiger partial charge in [-0.1, -0.05) is 41.9 Å². The van der Waals surface area contributed by atoms with Gasteiger partial charge in [-0.25, -0.2) is 0 Å². The van der Waals surface area contributed by atoms with E-state index in [9.17, 15) is 0 Å². The Morgan fingerprint density at radius 1 is 1.06 bits per heavy atom. The molecule has 0 saturated carbocycles. The van der Waals surface area contributed by atoms with Crippen LogP contribution in [0.1, 0.15) is 23.7 Å². The highest BCUT2D eigenvalue weighted by Gasteiger charge is 2.20. The molecule has 1 heterocycles. The minimum absolute atomic E-state index is 0.128. The second-order valence-electron chi connectivity index (χ2n) is 4.31. The first-order valence-corrected chi connectivity index (χ1v) is 6.21. The fourth-order valence-corrected chi connectivity index (χ4v) is 2.46. The Balaban J connectivity index is 1.89. The van der Waals surface area contributed by atoms with E-state index < -0.39 is 0 Å². The fraction of sp³-hybridized carbons (Fsp3) is 0.200. The Morgan fingerprint density at radius 2 is 1.94 bits per heavy atom. The lowest BCUT2D eigenvalue weighted by Crippen LogP contribution is -2.14. The maximum Gasteiger partial charge on any atom is 0.124 e. The van der Waals surface area contributed by atoms with Gasteiger partial charge in [-0.3, -0.25) is 0 Å². The molecule has 1 aliphatic rings. The lowest BCUT2D eigenvalue weighted by molar-refractivity contribution is 0.176. The predicted octanol–water partition coefficient (Wildman–Crippen LogP) is 4.41. The molecule has 0 radical (unpaired) electrons. The van der Waals surface area contributed by atoms with Crippen LogP contribution in [0.5, 0.6) is 5.75 Å². The van der Waals surface area contributed by atoms with Crippen molar-refractivity contribution in [3.8, 4) is 5.75 Å². The molecule has 86 valence electrons. The first-order valence-electron chi connectivity index (χ1n) is 5.83. The summed E-state index contributed by atoms with van der Waals surface area (Å²) in [4.78, 5) is 0. The largest absolute Gasteiger partial charge is 0.485 e. The standard InChI is InChI=1S/C15H13ClO/c16-13-6-3-5-12(10-13)15-9-8-11-4-1-2-7-14(11)17-15/h1-7,10,15H,8-9H2. The fourth-order valence-electron chi connectivity index (χ4n) is 2.27. The minimum atomic E-state index is 0.128. The Hall–Kier alpha value is -1.47. The highest BCUT2D eigenvalue weighted by atomic mass is 35.5. The quantitative estimate of drug-likeness (QED) is 0.722. The van der Waals surface area contributed by atoms with Crippen molar-refractivity contribution < 1.29 is 4.74 Å². The van der Waals surface area contributed by atoms with Crippen LogP contribution in [0.4, 0.5) is 0 Å². The van der Waals surface area contributed by atoms with Gasteiger partial charge in [0.15, 0.2) is 0 Å². The highest BCUT2D eigenvalue weighted by molar-refractivity contribution is 6.30. The van der Waals surface area contributed by atoms with E-state index in [1.54, 1.807) is 0 Å². The van der Waals surface area contributed by atoms with Crippen molar-refractivity contribution in [2.75, 3.05) is 0 Å². The van der Waals surface area contributed by atoms with Crippen molar-refractivity contribution >= 4 is 11.6 Å². The molecule has 0 bridgehead atoms. The first kappa shape index (κ1) is 10.7. The molecule has 1 nitrogen and oxygen atoms in total. The van der Waals surface area contributed by atoms with E-state index in [1.807, 2.05) is 30.3 Å². The number of aryl methyl sites for hydroxylation is 1. The topological polar surface area (TPSA) is 9.23 Å². The van der Waals surface area contributed by atoms with Gasteiger partial charge in [-0.2, -0.15) is 0 Å². The summed E-state index contributed by atoms with van der Waals surface area (Å²) in [6.07, 6.45) is 2.20. The molecule has 0 N–H and O–H groups in total. The van der Waals surface area contributed by atoms with Crippen molar-refractivity contribution in [1.29, 1.82) is 0 Å². The average Bonchev–Trinajstić information content (AvgIpc) is 2.38. The molecule has 1 aliphatic heterocycles. The summed E-state index contributed by atoms with van der Waals surface area (Å²) in [6, 6.07) is 16.2. The zero-order valence-electron chi connectivity index (χ0n) is 9.40. The molecule has 0 aromatic heterocycles. The van der Waals surface area contributed by atoms with E-state index in [1.165, 1.54) is 5.56 Å². The molecule has 0 aliphatic carbocycles. The molecule has 0 fully saturated rings. The number of para-hydroxylation sites is 1. The molecule has 1 unspecified atom stereocenters. The van der Waals surface area contributed by atoms with Crippen molar-refractivity contribution in [1.82, 2.24) is 0 Å². The van der Waals surface area contributed by atoms with E-state index in [2.05, 4.69) is 18.2 Å². The van der Waals surface area contributed by atoms with Gasteiger partial charge >= 0.3 is 0 Å². The van der Waals surface area contributed by atoms with Crippen LogP contribution in [-0.2, 0) is 6.42 Å². The molecule has 0 amide bonds. The summed E-state index contributed by atoms with van der Waals surface area (Å²) < 4.78 is 6.01. The van der Waals surface area contributed by atoms with Gasteiger partial charge in [-0.15, -0.1) is 0 Å². The highest BCUT2D eigenvalue weighted by Crippen LogP contribution is 2.35. The number of fused-ring (bicyclic) bond motifs is 1. The van der Waals surface area contributed by atoms with Crippen molar-refractivity contribution in [3.63, 3.8) is 0 Å². The molecule has 1 atom stereocenters. The molecule has 0 spiro atoms. The molecular formula is C15H13ClO. The zero-order valence-corrected chi connectivity index (χ0v) is 10.2. The second-order valence-corrected chi connectivity index (χ2v) is 4.74. The van der Waals surface area contributed by atoms with Crippen molar-refractivity contribution in [3.05, 3.63) is 64.7 Å². The van der Waals surface area contributed by atoms with Crippen LogP contribution in [0, 0.1) is 0 Å². The van der Waals surface area contributed by atoms with E-state index in [-0.39, 0.29) is 6.10 Å². The van der Waals surface area contributed by atoms with Crippen LogP contribution in [0.2, 0.25) is 5.02 Å². The molecule has 0 saturated heterocycles. The van der Waals surface area contributed by atoms with E-state index in [4.69, 9.17) is 16.3 Å². The van der Waals surface area contributed by atoms with Gasteiger partial charge in [0.1, 0.15) is 11.9 Å². The third-order valence-corrected chi connectivity index (χ3v) is 3.37. The summed E-state index contributed by atoms with van der Waals surface area (Å²) in [5.74, 6) is 1.00. The Bertz CT molecular complexity index is 536. The van der Waals surface area contributed by atoms with Gasteiger partial charge < -0.3 is 4.74 Å². The smallest absolute Gasteiger partial charge is 0.124 e. The van der Waals surface area contributed by atoms with Crippen LogP contribution >= 0.6 is 11.6 Å². The third kappa shape index (κ3) is 2.16. The lowest BCUT2D eigenvalue weighted by Gasteiger charge is -2.26. The van der Waals surface area contributed by atoms with Crippen molar-refractivity contribution in [2.45, 2.75) is 18.9 Å². The lowest BCUT2D eigenvalue weighted by atomic mass is 9.97. The summed E-state index contributed by atoms with van der Waals surface area (Å²) >= 11 is 6.01. The summed E-state index contributed by atoms with van der Waals surface area (Å²) in [6.45, 7) is 0. The Labute approximate surface area is 106 Å². The van der Waals surface area contributed by atoms with Gasteiger partial charge in [-0.05, 0) is 42.2 Å². The Kier molecular flexibility index (Phi) is 2.77. The maximum absolute atomic E-state index is 6.01. The Morgan fingerprint density at radius 3 is 2.82 bits per heavy atom. The van der Waals surface area contributed by atoms with Gasteiger partial charge in [0.2, 0.25) is 0 Å².